The summed E-state index contributed by atoms with van der Waals surface area (Å²) in [5.41, 5.74) is 17.2. The second-order valence-corrected chi connectivity index (χ2v) is 15.8. The third-order valence-corrected chi connectivity index (χ3v) is 12.6. The molecular formula is C57H34N4. The minimum Gasteiger partial charge on any atom is -0.208 e. The molecule has 2 aliphatic rings. The fourth-order valence-electron chi connectivity index (χ4n) is 9.92. The van der Waals surface area contributed by atoms with Crippen LogP contribution in [-0.2, 0) is 5.41 Å². The van der Waals surface area contributed by atoms with Crippen LogP contribution in [0, 0.1) is 11.3 Å². The van der Waals surface area contributed by atoms with Crippen molar-refractivity contribution in [3.8, 4) is 84.7 Å². The van der Waals surface area contributed by atoms with Gasteiger partial charge >= 0.3 is 0 Å². The van der Waals surface area contributed by atoms with Gasteiger partial charge in [0.1, 0.15) is 0 Å². The van der Waals surface area contributed by atoms with Crippen LogP contribution in [0.2, 0.25) is 0 Å². The van der Waals surface area contributed by atoms with Crippen LogP contribution in [0.5, 0.6) is 0 Å². The smallest absolute Gasteiger partial charge is 0.164 e. The Morgan fingerprint density at radius 1 is 0.328 bits per heavy atom. The van der Waals surface area contributed by atoms with Crippen molar-refractivity contribution in [3.05, 3.63) is 234 Å². The first-order valence-corrected chi connectivity index (χ1v) is 20.6. The molecule has 1 spiro atoms. The van der Waals surface area contributed by atoms with E-state index in [-0.39, 0.29) is 0 Å². The molecule has 1 heterocycles. The summed E-state index contributed by atoms with van der Waals surface area (Å²) in [7, 11) is 0. The molecule has 282 valence electrons. The SMILES string of the molecule is N#Cc1ccc(-c2nc(-c3ccc(-c4cccc5ccccc45)cc3)nc(-c3ccc4c(c3)-c3ccccc3-c3ccccc3C43c4ccccc4-c4ccccc43)n2)cc1. The first-order chi connectivity index (χ1) is 30.2. The van der Waals surface area contributed by atoms with Crippen molar-refractivity contribution in [1.82, 2.24) is 15.0 Å². The molecule has 0 radical (unpaired) electrons. The van der Waals surface area contributed by atoms with Gasteiger partial charge in [0, 0.05) is 16.7 Å². The monoisotopic (exact) mass is 774 g/mol. The highest BCUT2D eigenvalue weighted by atomic mass is 15.0. The molecule has 0 bridgehead atoms. The van der Waals surface area contributed by atoms with E-state index in [4.69, 9.17) is 15.0 Å². The van der Waals surface area contributed by atoms with Crippen molar-refractivity contribution < 1.29 is 0 Å². The Kier molecular flexibility index (Phi) is 7.78. The summed E-state index contributed by atoms with van der Waals surface area (Å²) in [6.07, 6.45) is 0. The van der Waals surface area contributed by atoms with E-state index < -0.39 is 5.41 Å². The Bertz CT molecular complexity index is 3380. The van der Waals surface area contributed by atoms with Crippen LogP contribution in [0.25, 0.3) is 89.4 Å². The van der Waals surface area contributed by atoms with E-state index in [1.54, 1.807) is 0 Å². The van der Waals surface area contributed by atoms with Gasteiger partial charge in [-0.05, 0) is 108 Å². The molecule has 4 nitrogen and oxygen atoms in total. The zero-order valence-electron chi connectivity index (χ0n) is 32.9. The summed E-state index contributed by atoms with van der Waals surface area (Å²) in [5, 5.41) is 12.0. The van der Waals surface area contributed by atoms with Gasteiger partial charge in [0.05, 0.1) is 17.0 Å². The molecule has 0 fully saturated rings. The average molecular weight is 775 g/mol. The first-order valence-electron chi connectivity index (χ1n) is 20.6. The summed E-state index contributed by atoms with van der Waals surface area (Å²) in [6, 6.07) is 75.4. The Hall–Kier alpha value is -8.26. The molecule has 0 atom stereocenters. The molecule has 61 heavy (non-hydrogen) atoms. The highest BCUT2D eigenvalue weighted by molar-refractivity contribution is 5.99. The largest absolute Gasteiger partial charge is 0.208 e. The average Bonchev–Trinajstić information content (AvgIpc) is 3.58. The molecule has 0 saturated carbocycles. The lowest BCUT2D eigenvalue weighted by atomic mass is 9.66. The number of rotatable bonds is 4. The maximum Gasteiger partial charge on any atom is 0.164 e. The van der Waals surface area contributed by atoms with E-state index in [1.807, 2.05) is 24.3 Å². The normalized spacial score (nSPS) is 12.7. The number of hydrogen-bond donors (Lipinski definition) is 0. The molecule has 0 unspecified atom stereocenters. The summed E-state index contributed by atoms with van der Waals surface area (Å²) in [5.74, 6) is 1.69. The molecule has 0 saturated heterocycles. The fourth-order valence-corrected chi connectivity index (χ4v) is 9.92. The standard InChI is InChI=1S/C57H34N4/c58-35-36-24-26-39(27-25-36)54-59-55(40-30-28-38(29-31-40)43-20-11-13-37-12-1-2-14-42(37)43)61-56(60-54)41-32-33-53-49(34-41)45-16-4-3-15-44(45)46-17-5-8-21-50(46)57(53)51-22-9-6-18-47(51)48-19-7-10-23-52(48)57/h1-34H. The van der Waals surface area contributed by atoms with Gasteiger partial charge in [-0.1, -0.05) is 176 Å². The quantitative estimate of drug-likeness (QED) is 0.179. The molecule has 0 N–H and O–H groups in total. The predicted octanol–water partition coefficient (Wildman–Crippen LogP) is 13.6. The predicted molar refractivity (Wildman–Crippen MR) is 246 cm³/mol. The highest BCUT2D eigenvalue weighted by Crippen LogP contribution is 2.61. The third kappa shape index (κ3) is 5.28. The molecule has 0 aliphatic heterocycles. The van der Waals surface area contributed by atoms with Gasteiger partial charge in [-0.2, -0.15) is 5.26 Å². The van der Waals surface area contributed by atoms with Crippen LogP contribution in [0.4, 0.5) is 0 Å². The van der Waals surface area contributed by atoms with Gasteiger partial charge in [-0.15, -0.1) is 0 Å². The van der Waals surface area contributed by atoms with Crippen molar-refractivity contribution in [2.75, 3.05) is 0 Å². The van der Waals surface area contributed by atoms with Crippen molar-refractivity contribution >= 4 is 10.8 Å². The van der Waals surface area contributed by atoms with Gasteiger partial charge in [-0.3, -0.25) is 0 Å². The molecule has 0 amide bonds. The number of nitrogens with zero attached hydrogens (tertiary/aromatic N) is 4. The number of aromatic nitrogens is 3. The van der Waals surface area contributed by atoms with Gasteiger partial charge in [0.25, 0.3) is 0 Å². The number of fused-ring (bicyclic) bond motifs is 13. The third-order valence-electron chi connectivity index (χ3n) is 12.6. The Morgan fingerprint density at radius 3 is 1.34 bits per heavy atom. The molecule has 4 heteroatoms. The topological polar surface area (TPSA) is 62.5 Å². The van der Waals surface area contributed by atoms with E-state index in [1.165, 1.54) is 60.8 Å². The number of hydrogen-bond acceptors (Lipinski definition) is 4. The molecule has 2 aliphatic carbocycles. The van der Waals surface area contributed by atoms with Crippen LogP contribution < -0.4 is 0 Å². The molecule has 1 aromatic heterocycles. The van der Waals surface area contributed by atoms with Gasteiger partial charge < -0.3 is 0 Å². The van der Waals surface area contributed by atoms with Crippen LogP contribution in [0.15, 0.2) is 206 Å². The lowest BCUT2D eigenvalue weighted by Crippen LogP contribution is -2.29. The fraction of sp³-hybridized carbons (Fsp3) is 0.0175. The maximum atomic E-state index is 9.59. The van der Waals surface area contributed by atoms with Gasteiger partial charge in [-0.25, -0.2) is 15.0 Å². The number of benzene rings is 9. The first kappa shape index (κ1) is 34.8. The Morgan fingerprint density at radius 2 is 0.738 bits per heavy atom. The van der Waals surface area contributed by atoms with Gasteiger partial charge in [0.15, 0.2) is 17.5 Å². The van der Waals surface area contributed by atoms with Crippen molar-refractivity contribution in [3.63, 3.8) is 0 Å². The van der Waals surface area contributed by atoms with E-state index in [9.17, 15) is 5.26 Å². The van der Waals surface area contributed by atoms with Crippen molar-refractivity contribution in [2.45, 2.75) is 5.41 Å². The van der Waals surface area contributed by atoms with Crippen molar-refractivity contribution in [1.29, 1.82) is 5.26 Å². The lowest BCUT2D eigenvalue weighted by Gasteiger charge is -2.35. The lowest BCUT2D eigenvalue weighted by molar-refractivity contribution is 0.775. The second kappa shape index (κ2) is 13.7. The van der Waals surface area contributed by atoms with Crippen molar-refractivity contribution in [2.24, 2.45) is 0 Å². The van der Waals surface area contributed by atoms with E-state index in [2.05, 4.69) is 188 Å². The van der Waals surface area contributed by atoms with Gasteiger partial charge in [0.2, 0.25) is 0 Å². The molecule has 10 aromatic rings. The minimum atomic E-state index is -0.569. The molecular weight excluding hydrogens is 741 g/mol. The van der Waals surface area contributed by atoms with E-state index >= 15 is 0 Å². The minimum absolute atomic E-state index is 0.542. The van der Waals surface area contributed by atoms with Crippen LogP contribution >= 0.6 is 0 Å². The maximum absolute atomic E-state index is 9.59. The molecule has 9 aromatic carbocycles. The second-order valence-electron chi connectivity index (χ2n) is 15.8. The summed E-state index contributed by atoms with van der Waals surface area (Å²) < 4.78 is 0. The zero-order chi connectivity index (χ0) is 40.5. The van der Waals surface area contributed by atoms with Crippen LogP contribution in [0.3, 0.4) is 0 Å². The summed E-state index contributed by atoms with van der Waals surface area (Å²) in [6.45, 7) is 0. The highest BCUT2D eigenvalue weighted by Gasteiger charge is 2.49. The van der Waals surface area contributed by atoms with E-state index in [0.29, 0.717) is 23.0 Å². The summed E-state index contributed by atoms with van der Waals surface area (Å²) in [4.78, 5) is 15.5. The van der Waals surface area contributed by atoms with Crippen LogP contribution in [0.1, 0.15) is 27.8 Å². The van der Waals surface area contributed by atoms with E-state index in [0.717, 1.165) is 33.4 Å². The zero-order valence-corrected chi connectivity index (χ0v) is 32.9. The Labute approximate surface area is 353 Å². The molecule has 12 rings (SSSR count). The summed E-state index contributed by atoms with van der Waals surface area (Å²) >= 11 is 0. The Balaban J connectivity index is 1.08. The van der Waals surface area contributed by atoms with Crippen LogP contribution in [-0.4, -0.2) is 15.0 Å². The number of nitriles is 1.